The zero-order valence-corrected chi connectivity index (χ0v) is 13.4. The summed E-state index contributed by atoms with van der Waals surface area (Å²) in [5.41, 5.74) is 2.16. The number of nitrogens with one attached hydrogen (secondary N) is 1. The summed E-state index contributed by atoms with van der Waals surface area (Å²) in [7, 11) is 0. The molecule has 5 rings (SSSR count). The van der Waals surface area contributed by atoms with E-state index >= 15 is 0 Å². The summed E-state index contributed by atoms with van der Waals surface area (Å²) in [6.45, 7) is 0.814. The van der Waals surface area contributed by atoms with Crippen LogP contribution >= 0.6 is 0 Å². The van der Waals surface area contributed by atoms with Crippen molar-refractivity contribution in [1.29, 1.82) is 0 Å². The molecule has 0 radical (unpaired) electrons. The Bertz CT molecular complexity index is 925. The highest BCUT2D eigenvalue weighted by Gasteiger charge is 2.40. The fraction of sp³-hybridized carbons (Fsp3) is 0.300. The predicted octanol–water partition coefficient (Wildman–Crippen LogP) is 3.71. The molecule has 1 atom stereocenters. The van der Waals surface area contributed by atoms with Crippen LogP contribution in [-0.2, 0) is 4.79 Å². The zero-order valence-electron chi connectivity index (χ0n) is 13.4. The number of carbonyl (C=O) groups is 1. The van der Waals surface area contributed by atoms with E-state index in [-0.39, 0.29) is 11.8 Å². The quantitative estimate of drug-likeness (QED) is 0.800. The molecule has 1 unspecified atom stereocenters. The van der Waals surface area contributed by atoms with E-state index in [2.05, 4.69) is 52.4 Å². The molecule has 1 aromatic heterocycles. The van der Waals surface area contributed by atoms with Crippen molar-refractivity contribution in [3.63, 3.8) is 0 Å². The number of imidazole rings is 1. The van der Waals surface area contributed by atoms with Crippen LogP contribution in [0.2, 0.25) is 0 Å². The Balaban J connectivity index is 1.43. The molecule has 0 bridgehead atoms. The normalized spacial score (nSPS) is 20.9. The highest BCUT2D eigenvalue weighted by Crippen LogP contribution is 2.36. The third-order valence-electron chi connectivity index (χ3n) is 5.19. The standard InChI is InChI=1S/C20H19N3O/c24-19-10-16(12-23(19)17-7-8-17)20-21-11-18(22-20)15-6-5-13-3-1-2-4-14(13)9-15/h1-6,9,11,16-17H,7-8,10,12H2,(H,21,22). The van der Waals surface area contributed by atoms with Gasteiger partial charge in [0.15, 0.2) is 0 Å². The molecule has 1 saturated heterocycles. The Labute approximate surface area is 140 Å². The van der Waals surface area contributed by atoms with Crippen LogP contribution in [0, 0.1) is 0 Å². The fourth-order valence-electron chi connectivity index (χ4n) is 3.70. The number of carbonyl (C=O) groups excluding carboxylic acids is 1. The van der Waals surface area contributed by atoms with Gasteiger partial charge in [-0.15, -0.1) is 0 Å². The summed E-state index contributed by atoms with van der Waals surface area (Å²) in [6, 6.07) is 15.3. The van der Waals surface area contributed by atoms with E-state index in [0.717, 1.165) is 23.6 Å². The molecule has 0 spiro atoms. The van der Waals surface area contributed by atoms with Gasteiger partial charge in [0.1, 0.15) is 5.82 Å². The molecule has 1 amide bonds. The topological polar surface area (TPSA) is 49.0 Å². The largest absolute Gasteiger partial charge is 0.342 e. The van der Waals surface area contributed by atoms with Crippen molar-refractivity contribution in [3.8, 4) is 11.3 Å². The molecule has 24 heavy (non-hydrogen) atoms. The molecule has 4 nitrogen and oxygen atoms in total. The average Bonchev–Trinajstić information content (AvgIpc) is 3.19. The van der Waals surface area contributed by atoms with E-state index < -0.39 is 0 Å². The Morgan fingerprint density at radius 3 is 2.75 bits per heavy atom. The van der Waals surface area contributed by atoms with E-state index in [9.17, 15) is 4.79 Å². The van der Waals surface area contributed by atoms with Crippen LogP contribution in [0.3, 0.4) is 0 Å². The van der Waals surface area contributed by atoms with Crippen LogP contribution in [0.15, 0.2) is 48.7 Å². The molecule has 2 aromatic carbocycles. The number of amides is 1. The van der Waals surface area contributed by atoms with Crippen molar-refractivity contribution in [2.24, 2.45) is 0 Å². The molecular formula is C20H19N3O. The molecule has 1 N–H and O–H groups in total. The summed E-state index contributed by atoms with van der Waals surface area (Å²) in [5.74, 6) is 1.42. The molecule has 1 aliphatic carbocycles. The van der Waals surface area contributed by atoms with Gasteiger partial charge in [-0.05, 0) is 29.7 Å². The second kappa shape index (κ2) is 5.20. The third kappa shape index (κ3) is 2.30. The smallest absolute Gasteiger partial charge is 0.223 e. The van der Waals surface area contributed by atoms with Crippen molar-refractivity contribution in [2.75, 3.05) is 6.54 Å². The highest BCUT2D eigenvalue weighted by molar-refractivity contribution is 5.86. The van der Waals surface area contributed by atoms with Gasteiger partial charge < -0.3 is 9.88 Å². The lowest BCUT2D eigenvalue weighted by Gasteiger charge is -2.14. The second-order valence-corrected chi connectivity index (χ2v) is 6.92. The second-order valence-electron chi connectivity index (χ2n) is 6.92. The Morgan fingerprint density at radius 1 is 1.08 bits per heavy atom. The molecule has 1 saturated carbocycles. The first-order valence-electron chi connectivity index (χ1n) is 8.61. The lowest BCUT2D eigenvalue weighted by atomic mass is 10.1. The lowest BCUT2D eigenvalue weighted by Crippen LogP contribution is -2.27. The van der Waals surface area contributed by atoms with Gasteiger partial charge in [0, 0.05) is 30.5 Å². The van der Waals surface area contributed by atoms with Gasteiger partial charge in [-0.2, -0.15) is 0 Å². The summed E-state index contributed by atoms with van der Waals surface area (Å²) >= 11 is 0. The van der Waals surface area contributed by atoms with Crippen LogP contribution in [0.25, 0.3) is 22.0 Å². The number of rotatable bonds is 3. The first kappa shape index (κ1) is 13.8. The number of fused-ring (bicyclic) bond motifs is 1. The molecule has 3 aromatic rings. The van der Waals surface area contributed by atoms with Crippen molar-refractivity contribution < 1.29 is 4.79 Å². The predicted molar refractivity (Wildman–Crippen MR) is 93.6 cm³/mol. The summed E-state index contributed by atoms with van der Waals surface area (Å²) in [4.78, 5) is 22.2. The van der Waals surface area contributed by atoms with Gasteiger partial charge in [-0.25, -0.2) is 4.98 Å². The van der Waals surface area contributed by atoms with Crippen molar-refractivity contribution >= 4 is 16.7 Å². The molecule has 2 aliphatic rings. The van der Waals surface area contributed by atoms with Crippen LogP contribution in [-0.4, -0.2) is 33.4 Å². The number of aromatic amines is 1. The monoisotopic (exact) mass is 317 g/mol. The van der Waals surface area contributed by atoms with E-state index in [1.165, 1.54) is 23.6 Å². The molecule has 2 heterocycles. The first-order chi connectivity index (χ1) is 11.8. The third-order valence-corrected chi connectivity index (χ3v) is 5.19. The number of benzene rings is 2. The highest BCUT2D eigenvalue weighted by atomic mass is 16.2. The molecule has 2 fully saturated rings. The van der Waals surface area contributed by atoms with Crippen LogP contribution < -0.4 is 0 Å². The number of aromatic nitrogens is 2. The minimum Gasteiger partial charge on any atom is -0.342 e. The van der Waals surface area contributed by atoms with Crippen LogP contribution in [0.5, 0.6) is 0 Å². The first-order valence-corrected chi connectivity index (χ1v) is 8.61. The zero-order chi connectivity index (χ0) is 16.1. The Morgan fingerprint density at radius 2 is 1.92 bits per heavy atom. The molecule has 120 valence electrons. The number of H-pyrrole nitrogens is 1. The van der Waals surface area contributed by atoms with E-state index in [0.29, 0.717) is 12.5 Å². The number of likely N-dealkylation sites (tertiary alicyclic amines) is 1. The SMILES string of the molecule is O=C1CC(c2ncc(-c3ccc4ccccc4c3)[nH]2)CN1C1CC1. The average molecular weight is 317 g/mol. The summed E-state index contributed by atoms with van der Waals surface area (Å²) in [5, 5.41) is 2.46. The maximum absolute atomic E-state index is 12.1. The minimum atomic E-state index is 0.201. The van der Waals surface area contributed by atoms with E-state index in [4.69, 9.17) is 0 Å². The molecule has 1 aliphatic heterocycles. The number of hydrogen-bond acceptors (Lipinski definition) is 2. The van der Waals surface area contributed by atoms with E-state index in [1.54, 1.807) is 0 Å². The molecule has 4 heteroatoms. The fourth-order valence-corrected chi connectivity index (χ4v) is 3.70. The van der Waals surface area contributed by atoms with Gasteiger partial charge >= 0.3 is 0 Å². The van der Waals surface area contributed by atoms with Crippen molar-refractivity contribution in [3.05, 3.63) is 54.5 Å². The Kier molecular flexibility index (Phi) is 2.98. The van der Waals surface area contributed by atoms with Crippen LogP contribution in [0.4, 0.5) is 0 Å². The lowest BCUT2D eigenvalue weighted by molar-refractivity contribution is -0.128. The van der Waals surface area contributed by atoms with Gasteiger partial charge in [0.05, 0.1) is 11.9 Å². The van der Waals surface area contributed by atoms with Gasteiger partial charge in [0.25, 0.3) is 0 Å². The van der Waals surface area contributed by atoms with Gasteiger partial charge in [0.2, 0.25) is 5.91 Å². The minimum absolute atomic E-state index is 0.201. The van der Waals surface area contributed by atoms with E-state index in [1.807, 2.05) is 11.1 Å². The summed E-state index contributed by atoms with van der Waals surface area (Å²) < 4.78 is 0. The maximum atomic E-state index is 12.1. The maximum Gasteiger partial charge on any atom is 0.223 e. The van der Waals surface area contributed by atoms with Crippen molar-refractivity contribution in [1.82, 2.24) is 14.9 Å². The number of hydrogen-bond donors (Lipinski definition) is 1. The molecular weight excluding hydrogens is 298 g/mol. The van der Waals surface area contributed by atoms with Gasteiger partial charge in [-0.1, -0.05) is 36.4 Å². The van der Waals surface area contributed by atoms with Gasteiger partial charge in [-0.3, -0.25) is 4.79 Å². The number of nitrogens with zero attached hydrogens (tertiary/aromatic N) is 2. The Hall–Kier alpha value is -2.62. The van der Waals surface area contributed by atoms with Crippen LogP contribution in [0.1, 0.15) is 31.0 Å². The summed E-state index contributed by atoms with van der Waals surface area (Å²) in [6.07, 6.45) is 4.81. The van der Waals surface area contributed by atoms with Crippen molar-refractivity contribution in [2.45, 2.75) is 31.2 Å².